The molecule has 0 bridgehead atoms. The Morgan fingerprint density at radius 3 is 3.07 bits per heavy atom. The van der Waals surface area contributed by atoms with Crippen LogP contribution in [0.25, 0.3) is 11.2 Å². The third-order valence-electron chi connectivity index (χ3n) is 1.74. The Bertz CT molecular complexity index is 491. The Hall–Kier alpha value is -2.11. The fourth-order valence-electron chi connectivity index (χ4n) is 1.17. The fraction of sp³-hybridized carbons (Fsp3) is 0.125. The molecule has 2 aromatic heterocycles. The largest absolute Gasteiger partial charge is 0.410 e. The van der Waals surface area contributed by atoms with E-state index in [0.717, 1.165) is 5.65 Å². The number of nitrogens with zero attached hydrogens (tertiary/aromatic N) is 3. The third-order valence-corrected chi connectivity index (χ3v) is 1.74. The van der Waals surface area contributed by atoms with Crippen molar-refractivity contribution in [1.29, 1.82) is 0 Å². The van der Waals surface area contributed by atoms with Gasteiger partial charge < -0.3 is 15.0 Å². The predicted molar refractivity (Wildman–Crippen MR) is 48.7 cm³/mol. The monoisotopic (exact) mass is 192 g/mol. The van der Waals surface area contributed by atoms with Crippen molar-refractivity contribution in [3.8, 4) is 5.75 Å². The number of rotatable bonds is 1. The Morgan fingerprint density at radius 2 is 2.36 bits per heavy atom. The molecule has 1 amide bonds. The van der Waals surface area contributed by atoms with Gasteiger partial charge in [-0.2, -0.15) is 0 Å². The SMILES string of the molecule is Cn1cnc2cc(OC(N)=O)cnc21. The highest BCUT2D eigenvalue weighted by atomic mass is 16.5. The van der Waals surface area contributed by atoms with Gasteiger partial charge in [-0.3, -0.25) is 0 Å². The number of ether oxygens (including phenoxy) is 1. The van der Waals surface area contributed by atoms with E-state index in [-0.39, 0.29) is 0 Å². The highest BCUT2D eigenvalue weighted by Crippen LogP contribution is 2.15. The molecule has 0 aliphatic heterocycles. The highest BCUT2D eigenvalue weighted by Gasteiger charge is 2.04. The molecule has 0 aliphatic carbocycles. The van der Waals surface area contributed by atoms with Crippen LogP contribution in [-0.4, -0.2) is 20.6 Å². The summed E-state index contributed by atoms with van der Waals surface area (Å²) in [5.41, 5.74) is 6.24. The van der Waals surface area contributed by atoms with Crippen molar-refractivity contribution < 1.29 is 9.53 Å². The van der Waals surface area contributed by atoms with Gasteiger partial charge in [-0.05, 0) is 0 Å². The van der Waals surface area contributed by atoms with Gasteiger partial charge in [0.1, 0.15) is 5.52 Å². The van der Waals surface area contributed by atoms with E-state index in [1.807, 2.05) is 7.05 Å². The van der Waals surface area contributed by atoms with E-state index in [4.69, 9.17) is 5.73 Å². The molecule has 2 N–H and O–H groups in total. The average molecular weight is 192 g/mol. The third kappa shape index (κ3) is 1.37. The lowest BCUT2D eigenvalue weighted by atomic mass is 10.4. The summed E-state index contributed by atoms with van der Waals surface area (Å²) in [5.74, 6) is 0.295. The van der Waals surface area contributed by atoms with Crippen LogP contribution in [0.4, 0.5) is 4.79 Å². The van der Waals surface area contributed by atoms with Crippen LogP contribution >= 0.6 is 0 Å². The second-order valence-electron chi connectivity index (χ2n) is 2.79. The minimum Gasteiger partial charge on any atom is -0.409 e. The van der Waals surface area contributed by atoms with Crippen molar-refractivity contribution in [2.45, 2.75) is 0 Å². The van der Waals surface area contributed by atoms with E-state index in [1.54, 1.807) is 17.0 Å². The molecule has 0 saturated carbocycles. The molecule has 0 fully saturated rings. The maximum absolute atomic E-state index is 10.5. The van der Waals surface area contributed by atoms with E-state index in [0.29, 0.717) is 11.3 Å². The van der Waals surface area contributed by atoms with E-state index in [9.17, 15) is 4.79 Å². The van der Waals surface area contributed by atoms with Crippen LogP contribution in [0, 0.1) is 0 Å². The molecule has 0 radical (unpaired) electrons. The van der Waals surface area contributed by atoms with Gasteiger partial charge in [0.15, 0.2) is 11.4 Å². The summed E-state index contributed by atoms with van der Waals surface area (Å²) in [5, 5.41) is 0. The summed E-state index contributed by atoms with van der Waals surface area (Å²) in [6, 6.07) is 1.60. The number of carbonyl (C=O) groups is 1. The Kier molecular flexibility index (Phi) is 1.81. The molecule has 0 aliphatic rings. The number of primary amides is 1. The lowest BCUT2D eigenvalue weighted by molar-refractivity contribution is 0.211. The smallest absolute Gasteiger partial charge is 0.409 e. The molecule has 2 aromatic rings. The van der Waals surface area contributed by atoms with Crippen molar-refractivity contribution in [3.05, 3.63) is 18.6 Å². The summed E-state index contributed by atoms with van der Waals surface area (Å²) in [6.07, 6.45) is 2.20. The molecule has 6 nitrogen and oxygen atoms in total. The normalized spacial score (nSPS) is 10.4. The van der Waals surface area contributed by atoms with Gasteiger partial charge in [0, 0.05) is 13.1 Å². The van der Waals surface area contributed by atoms with Crippen LogP contribution in [0.1, 0.15) is 0 Å². The number of hydrogen-bond donors (Lipinski definition) is 1. The fourth-order valence-corrected chi connectivity index (χ4v) is 1.17. The second kappa shape index (κ2) is 2.99. The van der Waals surface area contributed by atoms with Gasteiger partial charge in [-0.1, -0.05) is 0 Å². The highest BCUT2D eigenvalue weighted by molar-refractivity contribution is 5.74. The molecule has 2 rings (SSSR count). The van der Waals surface area contributed by atoms with Gasteiger partial charge in [-0.15, -0.1) is 0 Å². The zero-order valence-corrected chi connectivity index (χ0v) is 7.47. The zero-order valence-electron chi connectivity index (χ0n) is 7.47. The molecule has 6 heteroatoms. The number of nitrogens with two attached hydrogens (primary N) is 1. The van der Waals surface area contributed by atoms with E-state index in [2.05, 4.69) is 14.7 Å². The maximum Gasteiger partial charge on any atom is 0.410 e. The number of fused-ring (bicyclic) bond motifs is 1. The lowest BCUT2D eigenvalue weighted by Crippen LogP contribution is -2.16. The van der Waals surface area contributed by atoms with Gasteiger partial charge in [-0.25, -0.2) is 14.8 Å². The Labute approximate surface area is 79.3 Å². The number of amides is 1. The van der Waals surface area contributed by atoms with Gasteiger partial charge >= 0.3 is 6.09 Å². The van der Waals surface area contributed by atoms with Crippen LogP contribution in [0.2, 0.25) is 0 Å². The molecule has 0 aromatic carbocycles. The number of aromatic nitrogens is 3. The first-order valence-electron chi connectivity index (χ1n) is 3.91. The van der Waals surface area contributed by atoms with E-state index >= 15 is 0 Å². The van der Waals surface area contributed by atoms with Crippen molar-refractivity contribution >= 4 is 17.3 Å². The molecule has 0 saturated heterocycles. The van der Waals surface area contributed by atoms with Crippen molar-refractivity contribution in [2.24, 2.45) is 12.8 Å². The van der Waals surface area contributed by atoms with Gasteiger partial charge in [0.2, 0.25) is 0 Å². The topological polar surface area (TPSA) is 83.0 Å². The molecule has 72 valence electrons. The molecule has 14 heavy (non-hydrogen) atoms. The maximum atomic E-state index is 10.5. The van der Waals surface area contributed by atoms with Crippen LogP contribution < -0.4 is 10.5 Å². The van der Waals surface area contributed by atoms with Crippen molar-refractivity contribution in [1.82, 2.24) is 14.5 Å². The lowest BCUT2D eigenvalue weighted by Gasteiger charge is -1.99. The first kappa shape index (κ1) is 8.49. The average Bonchev–Trinajstić information content (AvgIpc) is 2.46. The van der Waals surface area contributed by atoms with Gasteiger partial charge in [0.25, 0.3) is 0 Å². The van der Waals surface area contributed by atoms with Gasteiger partial charge in [0.05, 0.1) is 12.5 Å². The quantitative estimate of drug-likeness (QED) is 0.710. The molecule has 0 spiro atoms. The van der Waals surface area contributed by atoms with E-state index in [1.165, 1.54) is 6.20 Å². The molecule has 2 heterocycles. The summed E-state index contributed by atoms with van der Waals surface area (Å²) < 4.78 is 6.43. The number of hydrogen-bond acceptors (Lipinski definition) is 4. The van der Waals surface area contributed by atoms with Crippen LogP contribution in [0.5, 0.6) is 5.75 Å². The second-order valence-corrected chi connectivity index (χ2v) is 2.79. The minimum absolute atomic E-state index is 0.295. The zero-order chi connectivity index (χ0) is 10.1. The first-order chi connectivity index (χ1) is 6.66. The number of pyridine rings is 1. The van der Waals surface area contributed by atoms with E-state index < -0.39 is 6.09 Å². The number of imidazole rings is 1. The molecular formula is C8H8N4O2. The standard InChI is InChI=1S/C8H8N4O2/c1-12-4-11-6-2-5(14-8(9)13)3-10-7(6)12/h2-4H,1H3,(H2,9,13). The summed E-state index contributed by atoms with van der Waals surface area (Å²) >= 11 is 0. The number of aryl methyl sites for hydroxylation is 1. The molecule has 0 atom stereocenters. The molecular weight excluding hydrogens is 184 g/mol. The van der Waals surface area contributed by atoms with Crippen LogP contribution in [0.3, 0.4) is 0 Å². The van der Waals surface area contributed by atoms with Crippen LogP contribution in [-0.2, 0) is 7.05 Å². The number of carbonyl (C=O) groups excluding carboxylic acids is 1. The summed E-state index contributed by atoms with van der Waals surface area (Å²) in [4.78, 5) is 18.6. The summed E-state index contributed by atoms with van der Waals surface area (Å²) in [6.45, 7) is 0. The Morgan fingerprint density at radius 1 is 1.57 bits per heavy atom. The van der Waals surface area contributed by atoms with Crippen LogP contribution in [0.15, 0.2) is 18.6 Å². The predicted octanol–water partition coefficient (Wildman–Crippen LogP) is 0.426. The van der Waals surface area contributed by atoms with Crippen molar-refractivity contribution in [2.75, 3.05) is 0 Å². The first-order valence-corrected chi connectivity index (χ1v) is 3.91. The molecule has 0 unspecified atom stereocenters. The summed E-state index contributed by atoms with van der Waals surface area (Å²) in [7, 11) is 1.83. The Balaban J connectivity index is 2.46. The minimum atomic E-state index is -0.859. The van der Waals surface area contributed by atoms with Crippen molar-refractivity contribution in [3.63, 3.8) is 0 Å².